The highest BCUT2D eigenvalue weighted by molar-refractivity contribution is 6.31. The van der Waals surface area contributed by atoms with Crippen molar-refractivity contribution in [1.82, 2.24) is 4.90 Å². The number of rotatable bonds is 6. The van der Waals surface area contributed by atoms with Crippen molar-refractivity contribution in [3.8, 4) is 5.75 Å². The zero-order valence-corrected chi connectivity index (χ0v) is 12.2. The predicted octanol–water partition coefficient (Wildman–Crippen LogP) is 3.09. The fourth-order valence-corrected chi connectivity index (χ4v) is 2.99. The molecule has 0 bridgehead atoms. The molecule has 0 radical (unpaired) electrons. The van der Waals surface area contributed by atoms with Crippen LogP contribution in [0.4, 0.5) is 0 Å². The summed E-state index contributed by atoms with van der Waals surface area (Å²) in [7, 11) is 1.65. The van der Waals surface area contributed by atoms with Gasteiger partial charge in [0.25, 0.3) is 0 Å². The summed E-state index contributed by atoms with van der Waals surface area (Å²) in [4.78, 5) is 2.48. The van der Waals surface area contributed by atoms with Gasteiger partial charge < -0.3 is 9.84 Å². The topological polar surface area (TPSA) is 32.7 Å². The van der Waals surface area contributed by atoms with E-state index in [1.165, 1.54) is 12.8 Å². The van der Waals surface area contributed by atoms with Crippen molar-refractivity contribution in [2.75, 3.05) is 20.3 Å². The quantitative estimate of drug-likeness (QED) is 0.871. The number of benzene rings is 1. The Morgan fingerprint density at radius 1 is 1.47 bits per heavy atom. The molecule has 1 aromatic carbocycles. The molecule has 1 aliphatic rings. The van der Waals surface area contributed by atoms with Crippen LogP contribution < -0.4 is 4.74 Å². The van der Waals surface area contributed by atoms with Gasteiger partial charge in [-0.05, 0) is 49.9 Å². The Kier molecular flexibility index (Phi) is 5.49. The maximum atomic E-state index is 8.95. The molecule has 0 spiro atoms. The lowest BCUT2D eigenvalue weighted by Gasteiger charge is -2.24. The van der Waals surface area contributed by atoms with E-state index in [0.29, 0.717) is 6.04 Å². The van der Waals surface area contributed by atoms with Gasteiger partial charge in [-0.25, -0.2) is 0 Å². The zero-order valence-electron chi connectivity index (χ0n) is 11.4. The van der Waals surface area contributed by atoms with Gasteiger partial charge in [-0.15, -0.1) is 0 Å². The molecule has 1 atom stereocenters. The molecule has 1 aliphatic heterocycles. The van der Waals surface area contributed by atoms with Crippen LogP contribution in [-0.2, 0) is 6.54 Å². The van der Waals surface area contributed by atoms with Crippen LogP contribution in [0.5, 0.6) is 5.75 Å². The van der Waals surface area contributed by atoms with E-state index < -0.39 is 0 Å². The first kappa shape index (κ1) is 14.6. The molecule has 1 N–H and O–H groups in total. The first-order valence-electron chi connectivity index (χ1n) is 6.92. The van der Waals surface area contributed by atoms with Crippen molar-refractivity contribution >= 4 is 11.6 Å². The lowest BCUT2D eigenvalue weighted by atomic mass is 10.1. The maximum absolute atomic E-state index is 8.95. The third-order valence-corrected chi connectivity index (χ3v) is 4.18. The molecule has 1 saturated heterocycles. The largest absolute Gasteiger partial charge is 0.497 e. The highest BCUT2D eigenvalue weighted by atomic mass is 35.5. The summed E-state index contributed by atoms with van der Waals surface area (Å²) >= 11 is 6.29. The summed E-state index contributed by atoms with van der Waals surface area (Å²) in [5.74, 6) is 0.798. The first-order valence-corrected chi connectivity index (χ1v) is 7.29. The molecule has 1 heterocycles. The molecule has 19 heavy (non-hydrogen) atoms. The minimum atomic E-state index is 0.285. The number of likely N-dealkylation sites (tertiary alicyclic amines) is 1. The van der Waals surface area contributed by atoms with Gasteiger partial charge in [0.15, 0.2) is 0 Å². The minimum Gasteiger partial charge on any atom is -0.497 e. The molecule has 0 aliphatic carbocycles. The Morgan fingerprint density at radius 2 is 2.32 bits per heavy atom. The van der Waals surface area contributed by atoms with E-state index in [1.54, 1.807) is 7.11 Å². The van der Waals surface area contributed by atoms with Crippen molar-refractivity contribution in [2.24, 2.45) is 0 Å². The molecule has 2 rings (SSSR count). The first-order chi connectivity index (χ1) is 9.24. The Hall–Kier alpha value is -0.770. The molecule has 0 unspecified atom stereocenters. The summed E-state index contributed by atoms with van der Waals surface area (Å²) in [5.41, 5.74) is 1.15. The van der Waals surface area contributed by atoms with Crippen LogP contribution in [0.1, 0.15) is 31.2 Å². The van der Waals surface area contributed by atoms with Gasteiger partial charge in [0.05, 0.1) is 7.11 Å². The van der Waals surface area contributed by atoms with E-state index in [-0.39, 0.29) is 6.61 Å². The van der Waals surface area contributed by atoms with Crippen molar-refractivity contribution in [1.29, 1.82) is 0 Å². The number of nitrogens with zero attached hydrogens (tertiary/aromatic N) is 1. The third-order valence-electron chi connectivity index (χ3n) is 3.83. The molecule has 0 saturated carbocycles. The number of hydrogen-bond donors (Lipinski definition) is 1. The van der Waals surface area contributed by atoms with Crippen molar-refractivity contribution in [3.63, 3.8) is 0 Å². The summed E-state index contributed by atoms with van der Waals surface area (Å²) < 4.78 is 5.17. The van der Waals surface area contributed by atoms with Crippen LogP contribution >= 0.6 is 11.6 Å². The fourth-order valence-electron chi connectivity index (χ4n) is 2.76. The number of ether oxygens (including phenoxy) is 1. The van der Waals surface area contributed by atoms with Crippen LogP contribution in [0, 0.1) is 0 Å². The maximum Gasteiger partial charge on any atom is 0.120 e. The SMILES string of the molecule is COc1ccc(CN2CCC[C@H]2CCCO)c(Cl)c1. The molecule has 0 amide bonds. The Balaban J connectivity index is 1.99. The molecule has 1 fully saturated rings. The summed E-state index contributed by atoms with van der Waals surface area (Å²) in [6.07, 6.45) is 4.43. The van der Waals surface area contributed by atoms with Crippen LogP contribution in [-0.4, -0.2) is 36.3 Å². The summed E-state index contributed by atoms with van der Waals surface area (Å²) in [6.45, 7) is 2.30. The molecular weight excluding hydrogens is 262 g/mol. The summed E-state index contributed by atoms with van der Waals surface area (Å²) in [5, 5.41) is 9.72. The molecule has 3 nitrogen and oxygen atoms in total. The van der Waals surface area contributed by atoms with E-state index in [9.17, 15) is 0 Å². The van der Waals surface area contributed by atoms with Crippen molar-refractivity contribution in [3.05, 3.63) is 28.8 Å². The number of hydrogen-bond acceptors (Lipinski definition) is 3. The number of halogens is 1. The van der Waals surface area contributed by atoms with Crippen LogP contribution in [0.2, 0.25) is 5.02 Å². The normalized spacial score (nSPS) is 19.8. The van der Waals surface area contributed by atoms with Gasteiger partial charge in [-0.3, -0.25) is 4.90 Å². The Morgan fingerprint density at radius 3 is 3.00 bits per heavy atom. The minimum absolute atomic E-state index is 0.285. The smallest absolute Gasteiger partial charge is 0.120 e. The third kappa shape index (κ3) is 3.85. The average molecular weight is 284 g/mol. The van der Waals surface area contributed by atoms with Crippen LogP contribution in [0.3, 0.4) is 0 Å². The van der Waals surface area contributed by atoms with E-state index in [1.807, 2.05) is 18.2 Å². The Bertz CT molecular complexity index is 411. The molecule has 4 heteroatoms. The van der Waals surface area contributed by atoms with Gasteiger partial charge in [-0.2, -0.15) is 0 Å². The summed E-state index contributed by atoms with van der Waals surface area (Å²) in [6, 6.07) is 6.46. The monoisotopic (exact) mass is 283 g/mol. The second kappa shape index (κ2) is 7.13. The standard InChI is InChI=1S/C15H22ClNO2/c1-19-14-7-6-12(15(16)10-14)11-17-8-2-4-13(17)5-3-9-18/h6-7,10,13,18H,2-5,8-9,11H2,1H3/t13-/m0/s1. The molecular formula is C15H22ClNO2. The van der Waals surface area contributed by atoms with Gasteiger partial charge in [0.2, 0.25) is 0 Å². The molecule has 0 aromatic heterocycles. The lowest BCUT2D eigenvalue weighted by molar-refractivity contribution is 0.210. The van der Waals surface area contributed by atoms with Gasteiger partial charge in [0, 0.05) is 24.2 Å². The van der Waals surface area contributed by atoms with Gasteiger partial charge >= 0.3 is 0 Å². The molecule has 106 valence electrons. The van der Waals surface area contributed by atoms with Crippen molar-refractivity contribution in [2.45, 2.75) is 38.3 Å². The van der Waals surface area contributed by atoms with Crippen LogP contribution in [0.25, 0.3) is 0 Å². The number of methoxy groups -OCH3 is 1. The lowest BCUT2D eigenvalue weighted by Crippen LogP contribution is -2.29. The number of aliphatic hydroxyl groups excluding tert-OH is 1. The predicted molar refractivity (Wildman–Crippen MR) is 77.8 cm³/mol. The highest BCUT2D eigenvalue weighted by Gasteiger charge is 2.24. The zero-order chi connectivity index (χ0) is 13.7. The van der Waals surface area contributed by atoms with E-state index in [0.717, 1.165) is 42.3 Å². The average Bonchev–Trinajstić information content (AvgIpc) is 2.86. The second-order valence-corrected chi connectivity index (χ2v) is 5.50. The fraction of sp³-hybridized carbons (Fsp3) is 0.600. The van der Waals surface area contributed by atoms with Gasteiger partial charge in [-0.1, -0.05) is 17.7 Å². The van der Waals surface area contributed by atoms with E-state index >= 15 is 0 Å². The number of aliphatic hydroxyl groups is 1. The van der Waals surface area contributed by atoms with Crippen molar-refractivity contribution < 1.29 is 9.84 Å². The van der Waals surface area contributed by atoms with E-state index in [2.05, 4.69) is 4.90 Å². The van der Waals surface area contributed by atoms with E-state index in [4.69, 9.17) is 21.4 Å². The van der Waals surface area contributed by atoms with Gasteiger partial charge in [0.1, 0.15) is 5.75 Å². The highest BCUT2D eigenvalue weighted by Crippen LogP contribution is 2.28. The Labute approximate surface area is 120 Å². The second-order valence-electron chi connectivity index (χ2n) is 5.09. The molecule has 1 aromatic rings. The van der Waals surface area contributed by atoms with Crippen LogP contribution in [0.15, 0.2) is 18.2 Å².